The monoisotopic (exact) mass is 307 g/mol. The summed E-state index contributed by atoms with van der Waals surface area (Å²) in [4.78, 5) is 12.9. The van der Waals surface area contributed by atoms with Crippen LogP contribution in [-0.4, -0.2) is 48.7 Å². The molecule has 1 aliphatic heterocycles. The molecule has 0 radical (unpaired) electrons. The van der Waals surface area contributed by atoms with Crippen LogP contribution in [0.25, 0.3) is 0 Å². The largest absolute Gasteiger partial charge is 0.401 e. The maximum absolute atomic E-state index is 13.5. The molecule has 0 N–H and O–H groups in total. The number of nitro groups is 1. The van der Waals surface area contributed by atoms with Gasteiger partial charge >= 0.3 is 11.9 Å². The molecular formula is C12H13F4N3O2. The quantitative estimate of drug-likeness (QED) is 0.489. The highest BCUT2D eigenvalue weighted by Gasteiger charge is 2.33. The van der Waals surface area contributed by atoms with Crippen molar-refractivity contribution in [2.75, 3.05) is 37.6 Å². The second-order valence-corrected chi connectivity index (χ2v) is 4.74. The van der Waals surface area contributed by atoms with Crippen molar-refractivity contribution < 1.29 is 22.5 Å². The van der Waals surface area contributed by atoms with Crippen LogP contribution < -0.4 is 4.90 Å². The van der Waals surface area contributed by atoms with Gasteiger partial charge in [-0.2, -0.15) is 17.6 Å². The Kier molecular flexibility index (Phi) is 4.31. The molecule has 21 heavy (non-hydrogen) atoms. The Hall–Kier alpha value is -1.90. The van der Waals surface area contributed by atoms with Crippen LogP contribution >= 0.6 is 0 Å². The Morgan fingerprint density at radius 3 is 2.33 bits per heavy atom. The van der Waals surface area contributed by atoms with Gasteiger partial charge in [0, 0.05) is 26.2 Å². The summed E-state index contributed by atoms with van der Waals surface area (Å²) in [5.74, 6) is -0.949. The number of para-hydroxylation sites is 1. The van der Waals surface area contributed by atoms with E-state index in [-0.39, 0.29) is 31.9 Å². The number of alkyl halides is 3. The standard InChI is InChI=1S/C12H13F4N3O2/c13-9-2-1-3-10(11(9)19(20)21)18-6-4-17(5-7-18)8-12(14,15)16/h1-3H,4-8H2. The molecule has 1 aromatic carbocycles. The lowest BCUT2D eigenvalue weighted by molar-refractivity contribution is -0.386. The van der Waals surface area contributed by atoms with Crippen LogP contribution in [0.1, 0.15) is 0 Å². The number of benzene rings is 1. The average molecular weight is 307 g/mol. The summed E-state index contributed by atoms with van der Waals surface area (Å²) >= 11 is 0. The van der Waals surface area contributed by atoms with Gasteiger partial charge in [-0.25, -0.2) is 0 Å². The summed E-state index contributed by atoms with van der Waals surface area (Å²) in [6, 6.07) is 3.74. The van der Waals surface area contributed by atoms with Gasteiger partial charge < -0.3 is 4.90 Å². The molecule has 0 spiro atoms. The minimum Gasteiger partial charge on any atom is -0.363 e. The van der Waals surface area contributed by atoms with Gasteiger partial charge in [0.1, 0.15) is 5.69 Å². The first-order chi connectivity index (χ1) is 9.78. The molecule has 0 atom stereocenters. The molecular weight excluding hydrogens is 294 g/mol. The SMILES string of the molecule is O=[N+]([O-])c1c(F)cccc1N1CCN(CC(F)(F)F)CC1. The molecule has 1 aromatic rings. The Balaban J connectivity index is 2.10. The van der Waals surface area contributed by atoms with Crippen molar-refractivity contribution >= 4 is 11.4 Å². The summed E-state index contributed by atoms with van der Waals surface area (Å²) in [5, 5.41) is 10.9. The number of anilines is 1. The third-order valence-electron chi connectivity index (χ3n) is 3.26. The van der Waals surface area contributed by atoms with Crippen molar-refractivity contribution in [1.82, 2.24) is 4.90 Å². The first kappa shape index (κ1) is 15.5. The van der Waals surface area contributed by atoms with Gasteiger partial charge in [-0.1, -0.05) is 6.07 Å². The second-order valence-electron chi connectivity index (χ2n) is 4.74. The van der Waals surface area contributed by atoms with E-state index >= 15 is 0 Å². The van der Waals surface area contributed by atoms with Crippen molar-refractivity contribution in [3.63, 3.8) is 0 Å². The predicted molar refractivity (Wildman–Crippen MR) is 67.8 cm³/mol. The second kappa shape index (κ2) is 5.84. The molecule has 0 bridgehead atoms. The average Bonchev–Trinajstić information content (AvgIpc) is 2.37. The molecule has 9 heteroatoms. The van der Waals surface area contributed by atoms with E-state index < -0.39 is 29.1 Å². The first-order valence-electron chi connectivity index (χ1n) is 6.25. The molecule has 0 aliphatic carbocycles. The highest BCUT2D eigenvalue weighted by atomic mass is 19.4. The predicted octanol–water partition coefficient (Wildman–Crippen LogP) is 2.42. The zero-order chi connectivity index (χ0) is 15.6. The van der Waals surface area contributed by atoms with Gasteiger partial charge in [-0.3, -0.25) is 15.0 Å². The topological polar surface area (TPSA) is 49.6 Å². The Bertz CT molecular complexity index is 528. The van der Waals surface area contributed by atoms with Gasteiger partial charge in [0.15, 0.2) is 0 Å². The lowest BCUT2D eigenvalue weighted by Crippen LogP contribution is -2.49. The van der Waals surface area contributed by atoms with E-state index in [0.717, 1.165) is 6.07 Å². The van der Waals surface area contributed by atoms with Crippen LogP contribution in [0, 0.1) is 15.9 Å². The molecule has 2 rings (SSSR count). The molecule has 0 unspecified atom stereocenters. The summed E-state index contributed by atoms with van der Waals surface area (Å²) in [6.07, 6.45) is -4.27. The van der Waals surface area contributed by atoms with Crippen LogP contribution in [-0.2, 0) is 0 Å². The molecule has 0 amide bonds. The molecule has 5 nitrogen and oxygen atoms in total. The van der Waals surface area contributed by atoms with Gasteiger partial charge in [0.2, 0.25) is 5.82 Å². The minimum atomic E-state index is -4.27. The van der Waals surface area contributed by atoms with Crippen molar-refractivity contribution in [2.45, 2.75) is 6.18 Å². The van der Waals surface area contributed by atoms with Crippen molar-refractivity contribution in [1.29, 1.82) is 0 Å². The zero-order valence-corrected chi connectivity index (χ0v) is 10.9. The third kappa shape index (κ3) is 3.81. The summed E-state index contributed by atoms with van der Waals surface area (Å²) < 4.78 is 50.4. The number of halogens is 4. The normalized spacial score (nSPS) is 17.0. The van der Waals surface area contributed by atoms with E-state index in [9.17, 15) is 27.7 Å². The third-order valence-corrected chi connectivity index (χ3v) is 3.26. The van der Waals surface area contributed by atoms with E-state index in [4.69, 9.17) is 0 Å². The summed E-state index contributed by atoms with van der Waals surface area (Å²) in [6.45, 7) is -0.410. The fourth-order valence-corrected chi connectivity index (χ4v) is 2.34. The fraction of sp³-hybridized carbons (Fsp3) is 0.500. The first-order valence-corrected chi connectivity index (χ1v) is 6.25. The van der Waals surface area contributed by atoms with Gasteiger partial charge in [0.25, 0.3) is 0 Å². The number of piperazine rings is 1. The highest BCUT2D eigenvalue weighted by Crippen LogP contribution is 2.31. The molecule has 116 valence electrons. The molecule has 1 fully saturated rings. The van der Waals surface area contributed by atoms with Crippen LogP contribution in [0.15, 0.2) is 18.2 Å². The van der Waals surface area contributed by atoms with Crippen LogP contribution in [0.3, 0.4) is 0 Å². The lowest BCUT2D eigenvalue weighted by atomic mass is 10.2. The number of hydrogen-bond donors (Lipinski definition) is 0. The number of rotatable bonds is 3. The molecule has 1 aliphatic rings. The van der Waals surface area contributed by atoms with Crippen LogP contribution in [0.5, 0.6) is 0 Å². The zero-order valence-electron chi connectivity index (χ0n) is 10.9. The number of nitro benzene ring substituents is 1. The van der Waals surface area contributed by atoms with Gasteiger partial charge in [0.05, 0.1) is 11.5 Å². The van der Waals surface area contributed by atoms with E-state index in [1.165, 1.54) is 21.9 Å². The molecule has 1 saturated heterocycles. The Morgan fingerprint density at radius 2 is 1.81 bits per heavy atom. The van der Waals surface area contributed by atoms with Crippen LogP contribution in [0.4, 0.5) is 28.9 Å². The number of hydrogen-bond acceptors (Lipinski definition) is 4. The number of nitrogens with zero attached hydrogens (tertiary/aromatic N) is 3. The minimum absolute atomic E-state index is 0.103. The van der Waals surface area contributed by atoms with Crippen molar-refractivity contribution in [3.05, 3.63) is 34.1 Å². The Morgan fingerprint density at radius 1 is 1.19 bits per heavy atom. The maximum atomic E-state index is 13.5. The van der Waals surface area contributed by atoms with Crippen molar-refractivity contribution in [3.8, 4) is 0 Å². The van der Waals surface area contributed by atoms with E-state index in [1.54, 1.807) is 0 Å². The van der Waals surface area contributed by atoms with E-state index in [2.05, 4.69) is 0 Å². The van der Waals surface area contributed by atoms with E-state index in [1.807, 2.05) is 0 Å². The summed E-state index contributed by atoms with van der Waals surface area (Å²) in [7, 11) is 0. The molecule has 0 saturated carbocycles. The van der Waals surface area contributed by atoms with Crippen molar-refractivity contribution in [2.24, 2.45) is 0 Å². The maximum Gasteiger partial charge on any atom is 0.401 e. The molecule has 0 aromatic heterocycles. The fourth-order valence-electron chi connectivity index (χ4n) is 2.34. The van der Waals surface area contributed by atoms with Gasteiger partial charge in [-0.05, 0) is 12.1 Å². The van der Waals surface area contributed by atoms with E-state index in [0.29, 0.717) is 0 Å². The lowest BCUT2D eigenvalue weighted by Gasteiger charge is -2.35. The smallest absolute Gasteiger partial charge is 0.363 e. The van der Waals surface area contributed by atoms with Gasteiger partial charge in [-0.15, -0.1) is 0 Å². The molecule has 1 heterocycles. The highest BCUT2D eigenvalue weighted by molar-refractivity contribution is 5.64. The van der Waals surface area contributed by atoms with Crippen LogP contribution in [0.2, 0.25) is 0 Å². The summed E-state index contributed by atoms with van der Waals surface area (Å²) in [5.41, 5.74) is -0.534. The Labute approximate surface area is 117 Å².